The van der Waals surface area contributed by atoms with Crippen molar-refractivity contribution in [3.8, 4) is 0 Å². The van der Waals surface area contributed by atoms with Crippen molar-refractivity contribution in [2.45, 2.75) is 31.1 Å². The number of hydrogen-bond donors (Lipinski definition) is 0. The van der Waals surface area contributed by atoms with Gasteiger partial charge in [0.25, 0.3) is 5.92 Å². The number of piperidine rings is 1. The summed E-state index contributed by atoms with van der Waals surface area (Å²) in [4.78, 5) is 12.7. The van der Waals surface area contributed by atoms with Crippen molar-refractivity contribution in [3.63, 3.8) is 0 Å². The molecule has 1 fully saturated rings. The number of carbonyl (C=O) groups excluding carboxylic acids is 1. The first kappa shape index (κ1) is 10.7. The molecule has 0 radical (unpaired) electrons. The molecular weight excluding hydrogens is 200 g/mol. The fourth-order valence-electron chi connectivity index (χ4n) is 1.31. The van der Waals surface area contributed by atoms with Crippen LogP contribution in [0.15, 0.2) is 0 Å². The Morgan fingerprint density at radius 2 is 1.92 bits per heavy atom. The third-order valence-corrected chi connectivity index (χ3v) is 2.33. The smallest absolute Gasteiger partial charge is 0.251 e. The first-order valence-corrected chi connectivity index (χ1v) is 4.67. The minimum atomic E-state index is -2.60. The molecule has 1 amide bonds. The summed E-state index contributed by atoms with van der Waals surface area (Å²) in [7, 11) is 0. The van der Waals surface area contributed by atoms with E-state index in [2.05, 4.69) is 0 Å². The summed E-state index contributed by atoms with van der Waals surface area (Å²) >= 11 is 5.55. The minimum absolute atomic E-state index is 0.114. The van der Waals surface area contributed by atoms with Crippen LogP contribution in [-0.4, -0.2) is 35.2 Å². The van der Waals surface area contributed by atoms with Gasteiger partial charge in [0.15, 0.2) is 0 Å². The van der Waals surface area contributed by atoms with Gasteiger partial charge in [-0.25, -0.2) is 8.78 Å². The zero-order valence-electron chi connectivity index (χ0n) is 7.40. The standard InChI is InChI=1S/C8H12ClF2NO/c1-6(9)7(13)12-4-2-8(10,11)3-5-12/h6H,2-5H2,1H3/t6-/m1/s1. The second-order valence-electron chi connectivity index (χ2n) is 3.30. The topological polar surface area (TPSA) is 20.3 Å². The average molecular weight is 212 g/mol. The molecule has 0 aliphatic carbocycles. The van der Waals surface area contributed by atoms with Gasteiger partial charge >= 0.3 is 0 Å². The van der Waals surface area contributed by atoms with E-state index in [1.807, 2.05) is 0 Å². The van der Waals surface area contributed by atoms with Crippen molar-refractivity contribution in [1.82, 2.24) is 4.90 Å². The second-order valence-corrected chi connectivity index (χ2v) is 3.95. The van der Waals surface area contributed by atoms with Gasteiger partial charge in [-0.3, -0.25) is 4.79 Å². The Hall–Kier alpha value is -0.380. The van der Waals surface area contributed by atoms with Crippen LogP contribution in [0.5, 0.6) is 0 Å². The predicted molar refractivity (Wildman–Crippen MR) is 46.1 cm³/mol. The molecule has 0 N–H and O–H groups in total. The van der Waals surface area contributed by atoms with Crippen molar-refractivity contribution in [2.24, 2.45) is 0 Å². The Balaban J connectivity index is 2.46. The maximum Gasteiger partial charge on any atom is 0.251 e. The van der Waals surface area contributed by atoms with E-state index in [9.17, 15) is 13.6 Å². The highest BCUT2D eigenvalue weighted by Crippen LogP contribution is 2.28. The van der Waals surface area contributed by atoms with Crippen molar-refractivity contribution in [3.05, 3.63) is 0 Å². The van der Waals surface area contributed by atoms with E-state index in [0.29, 0.717) is 0 Å². The fraction of sp³-hybridized carbons (Fsp3) is 0.875. The van der Waals surface area contributed by atoms with E-state index in [1.54, 1.807) is 6.92 Å². The Morgan fingerprint density at radius 1 is 1.46 bits per heavy atom. The van der Waals surface area contributed by atoms with Gasteiger partial charge in [0, 0.05) is 25.9 Å². The lowest BCUT2D eigenvalue weighted by Gasteiger charge is -2.32. The maximum absolute atomic E-state index is 12.7. The Morgan fingerprint density at radius 3 is 2.31 bits per heavy atom. The average Bonchev–Trinajstić information content (AvgIpc) is 2.03. The van der Waals surface area contributed by atoms with E-state index < -0.39 is 11.3 Å². The van der Waals surface area contributed by atoms with Crippen molar-refractivity contribution < 1.29 is 13.6 Å². The number of rotatable bonds is 1. The molecule has 0 bridgehead atoms. The summed E-state index contributed by atoms with van der Waals surface area (Å²) in [5.41, 5.74) is 0. The third kappa shape index (κ3) is 2.79. The molecule has 0 unspecified atom stereocenters. The molecule has 1 rings (SSSR count). The van der Waals surface area contributed by atoms with Gasteiger partial charge in [0.2, 0.25) is 5.91 Å². The first-order valence-electron chi connectivity index (χ1n) is 4.23. The van der Waals surface area contributed by atoms with E-state index in [1.165, 1.54) is 4.90 Å². The molecule has 0 spiro atoms. The molecule has 0 saturated carbocycles. The lowest BCUT2D eigenvalue weighted by Crippen LogP contribution is -2.45. The third-order valence-electron chi connectivity index (χ3n) is 2.15. The van der Waals surface area contributed by atoms with Gasteiger partial charge < -0.3 is 4.90 Å². The Labute approximate surface area is 80.8 Å². The van der Waals surface area contributed by atoms with Crippen LogP contribution >= 0.6 is 11.6 Å². The summed E-state index contributed by atoms with van der Waals surface area (Å²) in [5.74, 6) is -2.86. The van der Waals surface area contributed by atoms with Crippen LogP contribution in [0.25, 0.3) is 0 Å². The van der Waals surface area contributed by atoms with E-state index >= 15 is 0 Å². The molecule has 5 heteroatoms. The number of amides is 1. The number of nitrogens with zero attached hydrogens (tertiary/aromatic N) is 1. The van der Waals surface area contributed by atoms with Gasteiger partial charge in [-0.2, -0.15) is 0 Å². The van der Waals surface area contributed by atoms with Crippen LogP contribution < -0.4 is 0 Å². The first-order chi connectivity index (χ1) is 5.92. The van der Waals surface area contributed by atoms with Gasteiger partial charge in [-0.15, -0.1) is 11.6 Å². The molecule has 1 aliphatic heterocycles. The summed E-state index contributed by atoms with van der Waals surface area (Å²) in [5, 5.41) is -0.619. The normalized spacial score (nSPS) is 24.2. The van der Waals surface area contributed by atoms with Crippen LogP contribution in [0.3, 0.4) is 0 Å². The van der Waals surface area contributed by atoms with E-state index in [-0.39, 0.29) is 31.8 Å². The highest BCUT2D eigenvalue weighted by Gasteiger charge is 2.36. The molecule has 76 valence electrons. The van der Waals surface area contributed by atoms with Crippen LogP contribution in [0, 0.1) is 0 Å². The SMILES string of the molecule is C[C@@H](Cl)C(=O)N1CCC(F)(F)CC1. The number of alkyl halides is 3. The van der Waals surface area contributed by atoms with Crippen molar-refractivity contribution in [2.75, 3.05) is 13.1 Å². The largest absolute Gasteiger partial charge is 0.341 e. The van der Waals surface area contributed by atoms with E-state index in [0.717, 1.165) is 0 Å². The zero-order valence-corrected chi connectivity index (χ0v) is 8.15. The number of likely N-dealkylation sites (tertiary alicyclic amines) is 1. The highest BCUT2D eigenvalue weighted by molar-refractivity contribution is 6.30. The van der Waals surface area contributed by atoms with Gasteiger partial charge in [0.1, 0.15) is 5.38 Å². The number of hydrogen-bond acceptors (Lipinski definition) is 1. The van der Waals surface area contributed by atoms with Gasteiger partial charge in [-0.1, -0.05) is 0 Å². The Kier molecular flexibility index (Phi) is 3.11. The predicted octanol–water partition coefficient (Wildman–Crippen LogP) is 1.87. The fourth-order valence-corrected chi connectivity index (χ4v) is 1.44. The second kappa shape index (κ2) is 3.78. The van der Waals surface area contributed by atoms with Crippen LogP contribution in [0.2, 0.25) is 0 Å². The van der Waals surface area contributed by atoms with Crippen LogP contribution in [-0.2, 0) is 4.79 Å². The molecule has 0 aromatic carbocycles. The molecule has 0 aromatic rings. The maximum atomic E-state index is 12.7. The van der Waals surface area contributed by atoms with Crippen molar-refractivity contribution in [1.29, 1.82) is 0 Å². The molecule has 2 nitrogen and oxygen atoms in total. The highest BCUT2D eigenvalue weighted by atomic mass is 35.5. The van der Waals surface area contributed by atoms with Crippen LogP contribution in [0.1, 0.15) is 19.8 Å². The molecule has 1 atom stereocenters. The minimum Gasteiger partial charge on any atom is -0.341 e. The van der Waals surface area contributed by atoms with Crippen LogP contribution in [0.4, 0.5) is 8.78 Å². The molecule has 0 aromatic heterocycles. The molecule has 1 heterocycles. The lowest BCUT2D eigenvalue weighted by molar-refractivity contribution is -0.136. The quantitative estimate of drug-likeness (QED) is 0.607. The summed E-state index contributed by atoms with van der Waals surface area (Å²) in [6.07, 6.45) is -0.495. The molecule has 1 aliphatic rings. The summed E-state index contributed by atoms with van der Waals surface area (Å²) < 4.78 is 25.3. The van der Waals surface area contributed by atoms with Gasteiger partial charge in [-0.05, 0) is 6.92 Å². The Bertz CT molecular complexity index is 198. The monoisotopic (exact) mass is 211 g/mol. The number of halogens is 3. The molecule has 1 saturated heterocycles. The molecule has 13 heavy (non-hydrogen) atoms. The van der Waals surface area contributed by atoms with Gasteiger partial charge in [0.05, 0.1) is 0 Å². The van der Waals surface area contributed by atoms with E-state index in [4.69, 9.17) is 11.6 Å². The zero-order chi connectivity index (χ0) is 10.1. The van der Waals surface area contributed by atoms with Crippen molar-refractivity contribution >= 4 is 17.5 Å². The molecular formula is C8H12ClF2NO. The lowest BCUT2D eigenvalue weighted by atomic mass is 10.1. The summed E-state index contributed by atoms with van der Waals surface area (Å²) in [6, 6.07) is 0. The number of carbonyl (C=O) groups is 1. The summed E-state index contributed by atoms with van der Waals surface area (Å²) in [6.45, 7) is 1.78.